The lowest BCUT2D eigenvalue weighted by molar-refractivity contribution is -0.0170. The fourth-order valence-electron chi connectivity index (χ4n) is 1.32. The fraction of sp³-hybridized carbons (Fsp3) is 0.222. The summed E-state index contributed by atoms with van der Waals surface area (Å²) in [6.45, 7) is 0.350. The van der Waals surface area contributed by atoms with E-state index in [1.807, 2.05) is 0 Å². The zero-order valence-corrected chi connectivity index (χ0v) is 7.87. The van der Waals surface area contributed by atoms with Crippen LogP contribution in [0.4, 0.5) is 0 Å². The van der Waals surface area contributed by atoms with Gasteiger partial charge in [-0.15, -0.1) is 0 Å². The Morgan fingerprint density at radius 3 is 3.00 bits per heavy atom. The topological polar surface area (TPSA) is 55.8 Å². The SMILES string of the molecule is O=C(O)c1ccc(Cl)c2c1OCOC2. The molecule has 1 aliphatic rings. The lowest BCUT2D eigenvalue weighted by atomic mass is 10.1. The summed E-state index contributed by atoms with van der Waals surface area (Å²) in [7, 11) is 0. The fourth-order valence-corrected chi connectivity index (χ4v) is 1.52. The Kier molecular flexibility index (Phi) is 2.31. The van der Waals surface area contributed by atoms with Crippen molar-refractivity contribution in [1.82, 2.24) is 0 Å². The molecule has 0 saturated heterocycles. The Bertz CT molecular complexity index is 389. The van der Waals surface area contributed by atoms with Gasteiger partial charge in [0, 0.05) is 10.6 Å². The summed E-state index contributed by atoms with van der Waals surface area (Å²) in [5.74, 6) is -0.712. The lowest BCUT2D eigenvalue weighted by Crippen LogP contribution is -2.15. The first kappa shape index (κ1) is 9.30. The molecule has 5 heteroatoms. The zero-order chi connectivity index (χ0) is 10.1. The second kappa shape index (κ2) is 3.48. The average molecular weight is 215 g/mol. The summed E-state index contributed by atoms with van der Waals surface area (Å²) in [6, 6.07) is 2.96. The van der Waals surface area contributed by atoms with Crippen LogP contribution in [-0.2, 0) is 11.3 Å². The molecule has 0 unspecified atom stereocenters. The predicted octanol–water partition coefficient (Wildman–Crippen LogP) is 1.90. The first-order valence-corrected chi connectivity index (χ1v) is 4.33. The van der Waals surface area contributed by atoms with E-state index in [0.29, 0.717) is 16.3 Å². The van der Waals surface area contributed by atoms with Gasteiger partial charge in [0.15, 0.2) is 6.79 Å². The van der Waals surface area contributed by atoms with E-state index < -0.39 is 5.97 Å². The van der Waals surface area contributed by atoms with Gasteiger partial charge in [-0.2, -0.15) is 0 Å². The van der Waals surface area contributed by atoms with Crippen LogP contribution in [0.2, 0.25) is 5.02 Å². The zero-order valence-electron chi connectivity index (χ0n) is 7.12. The van der Waals surface area contributed by atoms with Crippen LogP contribution in [0.15, 0.2) is 12.1 Å². The largest absolute Gasteiger partial charge is 0.478 e. The van der Waals surface area contributed by atoms with Crippen LogP contribution < -0.4 is 4.74 Å². The number of hydrogen-bond acceptors (Lipinski definition) is 3. The minimum absolute atomic E-state index is 0.0631. The number of rotatable bonds is 1. The van der Waals surface area contributed by atoms with Gasteiger partial charge < -0.3 is 14.6 Å². The van der Waals surface area contributed by atoms with Gasteiger partial charge in [-0.3, -0.25) is 0 Å². The van der Waals surface area contributed by atoms with E-state index in [1.165, 1.54) is 12.1 Å². The van der Waals surface area contributed by atoms with E-state index in [-0.39, 0.29) is 19.0 Å². The third-order valence-electron chi connectivity index (χ3n) is 1.97. The highest BCUT2D eigenvalue weighted by Gasteiger charge is 2.21. The molecule has 0 bridgehead atoms. The first-order valence-electron chi connectivity index (χ1n) is 3.95. The standard InChI is InChI=1S/C9H7ClO4/c10-7-2-1-5(9(11)12)8-6(7)3-13-4-14-8/h1-2H,3-4H2,(H,11,12). The number of aromatic carboxylic acids is 1. The first-order chi connectivity index (χ1) is 6.70. The molecular formula is C9H7ClO4. The highest BCUT2D eigenvalue weighted by Crippen LogP contribution is 2.33. The molecule has 1 aliphatic heterocycles. The summed E-state index contributed by atoms with van der Waals surface area (Å²) in [5, 5.41) is 9.33. The van der Waals surface area contributed by atoms with Crippen molar-refractivity contribution in [2.24, 2.45) is 0 Å². The summed E-state index contributed by atoms with van der Waals surface area (Å²) >= 11 is 5.87. The maximum Gasteiger partial charge on any atom is 0.339 e. The smallest absolute Gasteiger partial charge is 0.339 e. The molecule has 1 heterocycles. The van der Waals surface area contributed by atoms with Crippen LogP contribution in [-0.4, -0.2) is 17.9 Å². The molecule has 0 saturated carbocycles. The monoisotopic (exact) mass is 214 g/mol. The molecule has 4 nitrogen and oxygen atoms in total. The molecule has 0 aliphatic carbocycles. The Morgan fingerprint density at radius 1 is 1.50 bits per heavy atom. The van der Waals surface area contributed by atoms with Gasteiger partial charge in [0.2, 0.25) is 0 Å². The molecule has 0 spiro atoms. The van der Waals surface area contributed by atoms with Crippen LogP contribution >= 0.6 is 11.6 Å². The van der Waals surface area contributed by atoms with Gasteiger partial charge in [0.25, 0.3) is 0 Å². The van der Waals surface area contributed by atoms with Crippen molar-refractivity contribution in [3.05, 3.63) is 28.3 Å². The van der Waals surface area contributed by atoms with E-state index in [1.54, 1.807) is 0 Å². The van der Waals surface area contributed by atoms with Crippen molar-refractivity contribution < 1.29 is 19.4 Å². The van der Waals surface area contributed by atoms with Gasteiger partial charge in [-0.25, -0.2) is 4.79 Å². The number of fused-ring (bicyclic) bond motifs is 1. The van der Waals surface area contributed by atoms with Crippen LogP contribution in [0.25, 0.3) is 0 Å². The highest BCUT2D eigenvalue weighted by molar-refractivity contribution is 6.31. The Balaban J connectivity index is 2.59. The Morgan fingerprint density at radius 2 is 2.29 bits per heavy atom. The van der Waals surface area contributed by atoms with Crippen molar-refractivity contribution in [3.63, 3.8) is 0 Å². The molecule has 0 aromatic heterocycles. The van der Waals surface area contributed by atoms with Crippen molar-refractivity contribution in [2.45, 2.75) is 6.61 Å². The van der Waals surface area contributed by atoms with Crippen LogP contribution in [0.3, 0.4) is 0 Å². The minimum Gasteiger partial charge on any atom is -0.478 e. The molecular weight excluding hydrogens is 208 g/mol. The van der Waals surface area contributed by atoms with E-state index in [4.69, 9.17) is 26.2 Å². The summed E-state index contributed by atoms with van der Waals surface area (Å²) in [4.78, 5) is 10.8. The normalized spacial score (nSPS) is 14.4. The minimum atomic E-state index is -1.03. The second-order valence-corrected chi connectivity index (χ2v) is 3.23. The Hall–Kier alpha value is -1.26. The van der Waals surface area contributed by atoms with Gasteiger partial charge >= 0.3 is 5.97 Å². The van der Waals surface area contributed by atoms with Crippen LogP contribution in [0, 0.1) is 0 Å². The molecule has 0 amide bonds. The number of carbonyl (C=O) groups is 1. The molecule has 2 rings (SSSR count). The second-order valence-electron chi connectivity index (χ2n) is 2.82. The predicted molar refractivity (Wildman–Crippen MR) is 48.7 cm³/mol. The van der Waals surface area contributed by atoms with Crippen molar-refractivity contribution in [2.75, 3.05) is 6.79 Å². The van der Waals surface area contributed by atoms with Crippen molar-refractivity contribution in [3.8, 4) is 5.75 Å². The van der Waals surface area contributed by atoms with Gasteiger partial charge in [-0.05, 0) is 12.1 Å². The average Bonchev–Trinajstić information content (AvgIpc) is 2.18. The van der Waals surface area contributed by atoms with E-state index in [0.717, 1.165) is 0 Å². The number of hydrogen-bond donors (Lipinski definition) is 1. The number of carboxylic acids is 1. The Labute approximate surface area is 85.0 Å². The number of carboxylic acid groups (broad SMARTS) is 1. The molecule has 14 heavy (non-hydrogen) atoms. The summed E-state index contributed by atoms with van der Waals surface area (Å²) < 4.78 is 10.1. The van der Waals surface area contributed by atoms with E-state index in [2.05, 4.69) is 0 Å². The summed E-state index contributed by atoms with van der Waals surface area (Å²) in [6.07, 6.45) is 0. The molecule has 1 aromatic rings. The van der Waals surface area contributed by atoms with Crippen molar-refractivity contribution >= 4 is 17.6 Å². The third-order valence-corrected chi connectivity index (χ3v) is 2.32. The van der Waals surface area contributed by atoms with Gasteiger partial charge in [0.1, 0.15) is 11.3 Å². The van der Waals surface area contributed by atoms with Crippen LogP contribution in [0.5, 0.6) is 5.75 Å². The lowest BCUT2D eigenvalue weighted by Gasteiger charge is -2.20. The van der Waals surface area contributed by atoms with Gasteiger partial charge in [-0.1, -0.05) is 11.6 Å². The highest BCUT2D eigenvalue weighted by atomic mass is 35.5. The molecule has 1 N–H and O–H groups in total. The molecule has 0 atom stereocenters. The van der Waals surface area contributed by atoms with Crippen molar-refractivity contribution in [1.29, 1.82) is 0 Å². The molecule has 1 aromatic carbocycles. The quantitative estimate of drug-likeness (QED) is 0.776. The number of ether oxygens (including phenoxy) is 2. The maximum atomic E-state index is 10.8. The molecule has 0 radical (unpaired) electrons. The number of benzene rings is 1. The van der Waals surface area contributed by atoms with E-state index >= 15 is 0 Å². The summed E-state index contributed by atoms with van der Waals surface area (Å²) in [5.41, 5.74) is 0.713. The molecule has 74 valence electrons. The molecule has 0 fully saturated rings. The maximum absolute atomic E-state index is 10.8. The van der Waals surface area contributed by atoms with Gasteiger partial charge in [0.05, 0.1) is 6.61 Å². The number of halogens is 1. The van der Waals surface area contributed by atoms with E-state index in [9.17, 15) is 4.79 Å². The van der Waals surface area contributed by atoms with Crippen LogP contribution in [0.1, 0.15) is 15.9 Å². The third kappa shape index (κ3) is 1.42.